The molecule has 0 amide bonds. The van der Waals surface area contributed by atoms with Crippen LogP contribution in [0, 0.1) is 6.92 Å². The maximum atomic E-state index is 6.00. The van der Waals surface area contributed by atoms with Crippen molar-refractivity contribution in [2.45, 2.75) is 45.4 Å². The van der Waals surface area contributed by atoms with Gasteiger partial charge in [-0.1, -0.05) is 13.8 Å². The highest BCUT2D eigenvalue weighted by molar-refractivity contribution is 5.48. The van der Waals surface area contributed by atoms with Gasteiger partial charge in [0.05, 0.1) is 5.69 Å². The molecule has 2 aromatic heterocycles. The number of nitrogen functional groups attached to an aromatic ring is 1. The molecule has 0 spiro atoms. The molecule has 0 radical (unpaired) electrons. The first-order valence-electron chi connectivity index (χ1n) is 6.76. The summed E-state index contributed by atoms with van der Waals surface area (Å²) < 4.78 is 1.81. The van der Waals surface area contributed by atoms with Crippen molar-refractivity contribution in [3.63, 3.8) is 0 Å². The van der Waals surface area contributed by atoms with Crippen molar-refractivity contribution >= 4 is 5.82 Å². The van der Waals surface area contributed by atoms with Crippen molar-refractivity contribution in [3.05, 3.63) is 29.3 Å². The van der Waals surface area contributed by atoms with Crippen LogP contribution < -0.4 is 5.73 Å². The molecule has 5 heteroatoms. The number of rotatable bonds is 3. The van der Waals surface area contributed by atoms with Gasteiger partial charge in [-0.25, -0.2) is 14.6 Å². The Morgan fingerprint density at radius 3 is 2.63 bits per heavy atom. The Morgan fingerprint density at radius 2 is 2.05 bits per heavy atom. The number of aromatic nitrogens is 4. The summed E-state index contributed by atoms with van der Waals surface area (Å²) in [5.41, 5.74) is 7.95. The monoisotopic (exact) mass is 257 g/mol. The quantitative estimate of drug-likeness (QED) is 0.917. The molecule has 100 valence electrons. The van der Waals surface area contributed by atoms with E-state index in [1.54, 1.807) is 0 Å². The third-order valence-electron chi connectivity index (χ3n) is 3.54. The van der Waals surface area contributed by atoms with Gasteiger partial charge in [0.2, 0.25) is 0 Å². The Hall–Kier alpha value is -1.91. The molecule has 19 heavy (non-hydrogen) atoms. The molecule has 1 aliphatic rings. The first-order valence-corrected chi connectivity index (χ1v) is 6.76. The summed E-state index contributed by atoms with van der Waals surface area (Å²) >= 11 is 0. The Labute approximate surface area is 112 Å². The second kappa shape index (κ2) is 4.33. The number of nitrogens with two attached hydrogens (primary N) is 1. The van der Waals surface area contributed by atoms with E-state index < -0.39 is 0 Å². The zero-order chi connectivity index (χ0) is 13.6. The molecule has 1 saturated carbocycles. The minimum atomic E-state index is 0.406. The standard InChI is InChI=1S/C14H19N5/c1-8(2)11-6-7-19(18-11)14-9(3)12(15)16-13(17-14)10-4-5-10/h6-8,10H,4-5H2,1-3H3,(H2,15,16,17). The summed E-state index contributed by atoms with van der Waals surface area (Å²) in [6, 6.07) is 2.03. The summed E-state index contributed by atoms with van der Waals surface area (Å²) in [7, 11) is 0. The highest BCUT2D eigenvalue weighted by atomic mass is 15.3. The fraction of sp³-hybridized carbons (Fsp3) is 0.500. The molecule has 0 saturated heterocycles. The molecular weight excluding hydrogens is 238 g/mol. The fourth-order valence-electron chi connectivity index (χ4n) is 2.05. The van der Waals surface area contributed by atoms with E-state index in [2.05, 4.69) is 28.9 Å². The Bertz CT molecular complexity index is 610. The zero-order valence-electron chi connectivity index (χ0n) is 11.6. The molecule has 1 fully saturated rings. The normalized spacial score (nSPS) is 15.2. The number of anilines is 1. The van der Waals surface area contributed by atoms with Crippen molar-refractivity contribution in [1.82, 2.24) is 19.7 Å². The van der Waals surface area contributed by atoms with Gasteiger partial charge in [-0.3, -0.25) is 0 Å². The predicted octanol–water partition coefficient (Wildman–Crippen LogP) is 2.55. The SMILES string of the molecule is Cc1c(N)nc(C2CC2)nc1-n1ccc(C(C)C)n1. The van der Waals surface area contributed by atoms with E-state index in [9.17, 15) is 0 Å². The van der Waals surface area contributed by atoms with Crippen LogP contribution in [0.15, 0.2) is 12.3 Å². The molecule has 0 aliphatic heterocycles. The first-order chi connectivity index (χ1) is 9.06. The Morgan fingerprint density at radius 1 is 1.32 bits per heavy atom. The lowest BCUT2D eigenvalue weighted by Crippen LogP contribution is -2.09. The van der Waals surface area contributed by atoms with Crippen LogP contribution in [0.1, 0.15) is 55.6 Å². The summed E-state index contributed by atoms with van der Waals surface area (Å²) in [5.74, 6) is 3.12. The summed E-state index contributed by atoms with van der Waals surface area (Å²) in [6.45, 7) is 6.20. The predicted molar refractivity (Wildman–Crippen MR) is 74.4 cm³/mol. The van der Waals surface area contributed by atoms with Crippen LogP contribution in [0.4, 0.5) is 5.82 Å². The molecular formula is C14H19N5. The fourth-order valence-corrected chi connectivity index (χ4v) is 2.05. The van der Waals surface area contributed by atoms with E-state index in [4.69, 9.17) is 5.73 Å². The Balaban J connectivity index is 2.06. The highest BCUT2D eigenvalue weighted by Gasteiger charge is 2.28. The minimum absolute atomic E-state index is 0.406. The molecule has 0 unspecified atom stereocenters. The molecule has 5 nitrogen and oxygen atoms in total. The highest BCUT2D eigenvalue weighted by Crippen LogP contribution is 2.39. The van der Waals surface area contributed by atoms with Crippen LogP contribution in [0.3, 0.4) is 0 Å². The second-order valence-corrected chi connectivity index (χ2v) is 5.53. The maximum Gasteiger partial charge on any atom is 0.162 e. The molecule has 2 aromatic rings. The molecule has 3 rings (SSSR count). The second-order valence-electron chi connectivity index (χ2n) is 5.53. The van der Waals surface area contributed by atoms with Gasteiger partial charge in [0, 0.05) is 17.7 Å². The number of hydrogen-bond donors (Lipinski definition) is 1. The lowest BCUT2D eigenvalue weighted by atomic mass is 10.1. The van der Waals surface area contributed by atoms with Crippen molar-refractivity contribution in [2.24, 2.45) is 0 Å². The molecule has 2 N–H and O–H groups in total. The van der Waals surface area contributed by atoms with Gasteiger partial charge < -0.3 is 5.73 Å². The van der Waals surface area contributed by atoms with Crippen LogP contribution in [0.2, 0.25) is 0 Å². The smallest absolute Gasteiger partial charge is 0.162 e. The molecule has 2 heterocycles. The van der Waals surface area contributed by atoms with E-state index in [-0.39, 0.29) is 0 Å². The molecule has 1 aliphatic carbocycles. The van der Waals surface area contributed by atoms with E-state index in [1.165, 1.54) is 0 Å². The van der Waals surface area contributed by atoms with Gasteiger partial charge in [-0.05, 0) is 31.7 Å². The number of hydrogen-bond acceptors (Lipinski definition) is 4. The first kappa shape index (κ1) is 12.1. The molecule has 0 atom stereocenters. The summed E-state index contributed by atoms with van der Waals surface area (Å²) in [4.78, 5) is 9.04. The van der Waals surface area contributed by atoms with Crippen molar-refractivity contribution in [1.29, 1.82) is 0 Å². The average Bonchev–Trinajstić information content (AvgIpc) is 3.09. The minimum Gasteiger partial charge on any atom is -0.383 e. The van der Waals surface area contributed by atoms with E-state index in [0.29, 0.717) is 17.7 Å². The number of nitrogens with zero attached hydrogens (tertiary/aromatic N) is 4. The van der Waals surface area contributed by atoms with Crippen molar-refractivity contribution in [3.8, 4) is 5.82 Å². The van der Waals surface area contributed by atoms with Crippen LogP contribution in [-0.4, -0.2) is 19.7 Å². The average molecular weight is 257 g/mol. The molecule has 0 aromatic carbocycles. The van der Waals surface area contributed by atoms with Crippen LogP contribution in [0.5, 0.6) is 0 Å². The van der Waals surface area contributed by atoms with Crippen LogP contribution in [0.25, 0.3) is 5.82 Å². The van der Waals surface area contributed by atoms with E-state index in [0.717, 1.165) is 35.7 Å². The van der Waals surface area contributed by atoms with Crippen LogP contribution >= 0.6 is 0 Å². The van der Waals surface area contributed by atoms with Gasteiger partial charge >= 0.3 is 0 Å². The van der Waals surface area contributed by atoms with Gasteiger partial charge in [-0.15, -0.1) is 0 Å². The van der Waals surface area contributed by atoms with E-state index >= 15 is 0 Å². The topological polar surface area (TPSA) is 69.6 Å². The lowest BCUT2D eigenvalue weighted by Gasteiger charge is -2.09. The van der Waals surface area contributed by atoms with Crippen LogP contribution in [-0.2, 0) is 0 Å². The zero-order valence-corrected chi connectivity index (χ0v) is 11.6. The van der Waals surface area contributed by atoms with Gasteiger partial charge in [-0.2, -0.15) is 5.10 Å². The van der Waals surface area contributed by atoms with Gasteiger partial charge in [0.15, 0.2) is 5.82 Å². The van der Waals surface area contributed by atoms with Gasteiger partial charge in [0.25, 0.3) is 0 Å². The summed E-state index contributed by atoms with van der Waals surface area (Å²) in [6.07, 6.45) is 4.28. The molecule has 0 bridgehead atoms. The summed E-state index contributed by atoms with van der Waals surface area (Å²) in [5, 5.41) is 4.57. The third kappa shape index (κ3) is 2.20. The lowest BCUT2D eigenvalue weighted by molar-refractivity contribution is 0.744. The van der Waals surface area contributed by atoms with Gasteiger partial charge in [0.1, 0.15) is 11.6 Å². The largest absolute Gasteiger partial charge is 0.383 e. The Kier molecular flexibility index (Phi) is 2.77. The van der Waals surface area contributed by atoms with E-state index in [1.807, 2.05) is 23.9 Å². The maximum absolute atomic E-state index is 6.00. The van der Waals surface area contributed by atoms with Crippen molar-refractivity contribution < 1.29 is 0 Å². The van der Waals surface area contributed by atoms with Crippen molar-refractivity contribution in [2.75, 3.05) is 5.73 Å². The third-order valence-corrected chi connectivity index (χ3v) is 3.54.